The molecule has 1 aliphatic rings. The van der Waals surface area contributed by atoms with E-state index in [1.54, 1.807) is 43.5 Å². The van der Waals surface area contributed by atoms with E-state index in [-0.39, 0.29) is 11.6 Å². The predicted molar refractivity (Wildman–Crippen MR) is 112 cm³/mol. The van der Waals surface area contributed by atoms with Crippen molar-refractivity contribution in [3.63, 3.8) is 0 Å². The highest BCUT2D eigenvalue weighted by atomic mass is 35.5. The summed E-state index contributed by atoms with van der Waals surface area (Å²) >= 11 is 7.35. The van der Waals surface area contributed by atoms with Gasteiger partial charge in [0.1, 0.15) is 11.4 Å². The van der Waals surface area contributed by atoms with Crippen molar-refractivity contribution >= 4 is 51.7 Å². The van der Waals surface area contributed by atoms with Crippen molar-refractivity contribution in [3.8, 4) is 5.75 Å². The second-order valence-corrected chi connectivity index (χ2v) is 7.39. The Kier molecular flexibility index (Phi) is 4.90. The van der Waals surface area contributed by atoms with Crippen LogP contribution in [0.5, 0.6) is 5.75 Å². The standard InChI is InChI=1S/C21H15ClN2O3S/c1-27-16-5-2-4-14(12-16)23-19-18(17-6-3-11-28-17)20(25)24(21(19)26)15-9-7-13(22)8-10-15/h2-12,23H,1H3. The molecule has 4 rings (SSSR count). The van der Waals surface area contributed by atoms with Crippen LogP contribution in [0.3, 0.4) is 0 Å². The lowest BCUT2D eigenvalue weighted by molar-refractivity contribution is -0.120. The SMILES string of the molecule is COc1cccc(NC2=C(c3cccs3)C(=O)N(c3ccc(Cl)cc3)C2=O)c1. The zero-order valence-corrected chi connectivity index (χ0v) is 16.4. The largest absolute Gasteiger partial charge is 0.497 e. The van der Waals surface area contributed by atoms with Crippen LogP contribution in [0.2, 0.25) is 5.02 Å². The first kappa shape index (κ1) is 18.3. The summed E-state index contributed by atoms with van der Waals surface area (Å²) in [6, 6.07) is 17.5. The summed E-state index contributed by atoms with van der Waals surface area (Å²) in [5, 5.41) is 5.51. The van der Waals surface area contributed by atoms with Gasteiger partial charge < -0.3 is 10.1 Å². The molecule has 0 aliphatic carbocycles. The Morgan fingerprint density at radius 1 is 1.00 bits per heavy atom. The number of imide groups is 1. The Labute approximate surface area is 170 Å². The van der Waals surface area contributed by atoms with Crippen molar-refractivity contribution in [2.75, 3.05) is 17.3 Å². The third kappa shape index (κ3) is 3.28. The Balaban J connectivity index is 1.78. The number of anilines is 2. The number of benzene rings is 2. The number of hydrogen-bond acceptors (Lipinski definition) is 5. The lowest BCUT2D eigenvalue weighted by Crippen LogP contribution is -2.32. The van der Waals surface area contributed by atoms with E-state index < -0.39 is 5.91 Å². The molecule has 0 unspecified atom stereocenters. The molecule has 3 aromatic rings. The highest BCUT2D eigenvalue weighted by molar-refractivity contribution is 7.11. The third-order valence-electron chi connectivity index (χ3n) is 4.28. The van der Waals surface area contributed by atoms with Crippen molar-refractivity contribution in [1.29, 1.82) is 0 Å². The van der Waals surface area contributed by atoms with Crippen LogP contribution in [0.1, 0.15) is 4.88 Å². The molecule has 0 bridgehead atoms. The number of nitrogens with zero attached hydrogens (tertiary/aromatic N) is 1. The van der Waals surface area contributed by atoms with Crippen molar-refractivity contribution in [3.05, 3.63) is 81.6 Å². The second-order valence-electron chi connectivity index (χ2n) is 6.01. The topological polar surface area (TPSA) is 58.6 Å². The van der Waals surface area contributed by atoms with Crippen LogP contribution in [0.15, 0.2) is 71.7 Å². The molecule has 1 aliphatic heterocycles. The van der Waals surface area contributed by atoms with E-state index in [1.807, 2.05) is 29.6 Å². The van der Waals surface area contributed by atoms with E-state index in [0.29, 0.717) is 27.7 Å². The first-order valence-electron chi connectivity index (χ1n) is 8.42. The van der Waals surface area contributed by atoms with E-state index in [0.717, 1.165) is 9.78 Å². The minimum atomic E-state index is -0.418. The Hall–Kier alpha value is -3.09. The summed E-state index contributed by atoms with van der Waals surface area (Å²) in [6.07, 6.45) is 0. The third-order valence-corrected chi connectivity index (χ3v) is 5.41. The van der Waals surface area contributed by atoms with E-state index in [1.165, 1.54) is 11.3 Å². The van der Waals surface area contributed by atoms with Gasteiger partial charge in [-0.2, -0.15) is 0 Å². The smallest absolute Gasteiger partial charge is 0.282 e. The number of carbonyl (C=O) groups is 2. The maximum absolute atomic E-state index is 13.2. The van der Waals surface area contributed by atoms with Crippen LogP contribution in [0.25, 0.3) is 5.57 Å². The fourth-order valence-corrected chi connectivity index (χ4v) is 3.86. The van der Waals surface area contributed by atoms with E-state index in [4.69, 9.17) is 16.3 Å². The molecule has 140 valence electrons. The highest BCUT2D eigenvalue weighted by Gasteiger charge is 2.40. The lowest BCUT2D eigenvalue weighted by atomic mass is 10.2. The van der Waals surface area contributed by atoms with Gasteiger partial charge in [0.15, 0.2) is 0 Å². The molecule has 2 heterocycles. The van der Waals surface area contributed by atoms with Gasteiger partial charge in [-0.3, -0.25) is 9.59 Å². The molecule has 0 atom stereocenters. The maximum atomic E-state index is 13.2. The van der Waals surface area contributed by atoms with Gasteiger partial charge >= 0.3 is 0 Å². The van der Waals surface area contributed by atoms with Gasteiger partial charge in [0.25, 0.3) is 11.8 Å². The Morgan fingerprint density at radius 3 is 2.46 bits per heavy atom. The molecule has 1 N–H and O–H groups in total. The predicted octanol–water partition coefficient (Wildman–Crippen LogP) is 4.81. The summed E-state index contributed by atoms with van der Waals surface area (Å²) in [4.78, 5) is 28.3. The molecule has 2 aromatic carbocycles. The molecule has 0 spiro atoms. The lowest BCUT2D eigenvalue weighted by Gasteiger charge is -2.15. The van der Waals surface area contributed by atoms with Gasteiger partial charge in [-0.1, -0.05) is 23.7 Å². The zero-order chi connectivity index (χ0) is 19.7. The van der Waals surface area contributed by atoms with Crippen LogP contribution < -0.4 is 15.0 Å². The number of halogens is 1. The molecule has 0 radical (unpaired) electrons. The molecule has 2 amide bonds. The average molecular weight is 411 g/mol. The van der Waals surface area contributed by atoms with Gasteiger partial charge in [0.05, 0.1) is 18.4 Å². The van der Waals surface area contributed by atoms with E-state index in [9.17, 15) is 9.59 Å². The van der Waals surface area contributed by atoms with E-state index in [2.05, 4.69) is 5.32 Å². The number of thiophene rings is 1. The molecule has 0 saturated heterocycles. The molecule has 5 nitrogen and oxygen atoms in total. The minimum Gasteiger partial charge on any atom is -0.497 e. The highest BCUT2D eigenvalue weighted by Crippen LogP contribution is 2.36. The summed E-state index contributed by atoms with van der Waals surface area (Å²) in [6.45, 7) is 0. The maximum Gasteiger partial charge on any atom is 0.282 e. The molecule has 1 aromatic heterocycles. The van der Waals surface area contributed by atoms with Gasteiger partial charge in [-0.25, -0.2) is 4.90 Å². The normalized spacial score (nSPS) is 14.0. The number of nitrogens with one attached hydrogen (secondary N) is 1. The zero-order valence-electron chi connectivity index (χ0n) is 14.8. The molecular weight excluding hydrogens is 396 g/mol. The fourth-order valence-electron chi connectivity index (χ4n) is 2.96. The Bertz CT molecular complexity index is 1080. The molecule has 0 fully saturated rings. The number of hydrogen-bond donors (Lipinski definition) is 1. The van der Waals surface area contributed by atoms with Crippen molar-refractivity contribution in [2.45, 2.75) is 0 Å². The van der Waals surface area contributed by atoms with Gasteiger partial charge in [0, 0.05) is 21.7 Å². The monoisotopic (exact) mass is 410 g/mol. The quantitative estimate of drug-likeness (QED) is 0.613. The van der Waals surface area contributed by atoms with Crippen molar-refractivity contribution in [2.24, 2.45) is 0 Å². The fraction of sp³-hybridized carbons (Fsp3) is 0.0476. The van der Waals surface area contributed by atoms with Crippen LogP contribution in [0, 0.1) is 0 Å². The molecule has 7 heteroatoms. The number of amides is 2. The number of rotatable bonds is 5. The number of ether oxygens (including phenoxy) is 1. The van der Waals surface area contributed by atoms with Crippen molar-refractivity contribution < 1.29 is 14.3 Å². The van der Waals surface area contributed by atoms with Gasteiger partial charge in [-0.15, -0.1) is 11.3 Å². The summed E-state index contributed by atoms with van der Waals surface area (Å²) in [5.41, 5.74) is 1.70. The number of carbonyl (C=O) groups excluding carboxylic acids is 2. The van der Waals surface area contributed by atoms with Gasteiger partial charge in [-0.05, 0) is 47.8 Å². The van der Waals surface area contributed by atoms with Crippen molar-refractivity contribution in [1.82, 2.24) is 0 Å². The summed E-state index contributed by atoms with van der Waals surface area (Å²) < 4.78 is 5.24. The molecule has 0 saturated carbocycles. The van der Waals surface area contributed by atoms with Crippen LogP contribution in [-0.2, 0) is 9.59 Å². The van der Waals surface area contributed by atoms with Gasteiger partial charge in [0.2, 0.25) is 0 Å². The second kappa shape index (κ2) is 7.50. The first-order valence-corrected chi connectivity index (χ1v) is 9.68. The van der Waals surface area contributed by atoms with Crippen LogP contribution >= 0.6 is 22.9 Å². The Morgan fingerprint density at radius 2 is 1.79 bits per heavy atom. The van der Waals surface area contributed by atoms with Crippen LogP contribution in [-0.4, -0.2) is 18.9 Å². The average Bonchev–Trinajstić information content (AvgIpc) is 3.30. The first-order chi connectivity index (χ1) is 13.6. The summed E-state index contributed by atoms with van der Waals surface area (Å²) in [7, 11) is 1.57. The molecule has 28 heavy (non-hydrogen) atoms. The summed E-state index contributed by atoms with van der Waals surface area (Å²) in [5.74, 6) is -0.145. The van der Waals surface area contributed by atoms with E-state index >= 15 is 0 Å². The van der Waals surface area contributed by atoms with Crippen LogP contribution in [0.4, 0.5) is 11.4 Å². The molecular formula is C21H15ClN2O3S. The minimum absolute atomic E-state index is 0.232. The number of methoxy groups -OCH3 is 1.